The van der Waals surface area contributed by atoms with Gasteiger partial charge in [0.15, 0.2) is 11.5 Å². The number of nitrogens with one attached hydrogen (secondary N) is 1. The van der Waals surface area contributed by atoms with Crippen LogP contribution in [0.1, 0.15) is 86.6 Å². The Kier molecular flexibility index (Phi) is 14.6. The lowest BCUT2D eigenvalue weighted by Gasteiger charge is -2.24. The van der Waals surface area contributed by atoms with E-state index < -0.39 is 35.5 Å². The van der Waals surface area contributed by atoms with Crippen LogP contribution in [0.5, 0.6) is 11.5 Å². The average molecular weight is 582 g/mol. The first kappa shape index (κ1) is 35.7. The van der Waals surface area contributed by atoms with Gasteiger partial charge in [-0.05, 0) is 70.6 Å². The van der Waals surface area contributed by atoms with Gasteiger partial charge in [-0.15, -0.1) is 0 Å². The molecule has 1 rings (SSSR count). The van der Waals surface area contributed by atoms with E-state index in [1.165, 1.54) is 19.2 Å². The molecule has 0 saturated heterocycles. The lowest BCUT2D eigenvalue weighted by Crippen LogP contribution is -2.41. The van der Waals surface area contributed by atoms with E-state index in [-0.39, 0.29) is 43.0 Å². The average Bonchev–Trinajstić information content (AvgIpc) is 2.90. The van der Waals surface area contributed by atoms with Crippen molar-refractivity contribution < 1.29 is 47.6 Å². The van der Waals surface area contributed by atoms with Crippen LogP contribution in [0, 0.1) is 5.92 Å². The van der Waals surface area contributed by atoms with Gasteiger partial charge in [0.1, 0.15) is 23.9 Å². The third-order valence-corrected chi connectivity index (χ3v) is 6.71. The second-order valence-electron chi connectivity index (χ2n) is 11.1. The first-order chi connectivity index (χ1) is 19.1. The fourth-order valence-corrected chi connectivity index (χ4v) is 3.16. The molecule has 11 nitrogen and oxygen atoms in total. The molecule has 0 aromatic heterocycles. The number of carbonyl (C=O) groups excluding carboxylic acids is 4. The van der Waals surface area contributed by atoms with Gasteiger partial charge in [0.25, 0.3) is 0 Å². The number of carbonyl (C=O) groups is 4. The highest BCUT2D eigenvalue weighted by molar-refractivity contribution is 5.76. The Bertz CT molecular complexity index is 1020. The van der Waals surface area contributed by atoms with Crippen LogP contribution in [0.15, 0.2) is 18.2 Å². The summed E-state index contributed by atoms with van der Waals surface area (Å²) >= 11 is 0. The van der Waals surface area contributed by atoms with Crippen LogP contribution in [0.3, 0.4) is 0 Å². The standard InChI is InChI=1S/C30H47NO10/c1-10-20(4)17-25(32)37-16-15-31-22(26(33)36-9)18-21-13-14-23(38-27(34)40-29(5,6)11-2)24(19-21)39-28(35)41-30(7,8)12-3/h13-14,19-20,22,31H,10-12,15-18H2,1-9H3/t20?,22-/m0/s1. The molecule has 2 atom stereocenters. The largest absolute Gasteiger partial charge is 0.514 e. The molecule has 1 aromatic carbocycles. The molecule has 0 aliphatic rings. The Labute approximate surface area is 243 Å². The number of methoxy groups -OCH3 is 1. The van der Waals surface area contributed by atoms with Crippen molar-refractivity contribution in [1.29, 1.82) is 0 Å². The quantitative estimate of drug-likeness (QED) is 0.111. The predicted molar refractivity (Wildman–Crippen MR) is 152 cm³/mol. The molecule has 232 valence electrons. The molecule has 41 heavy (non-hydrogen) atoms. The van der Waals surface area contributed by atoms with Crippen molar-refractivity contribution in [3.05, 3.63) is 23.8 Å². The van der Waals surface area contributed by atoms with E-state index in [2.05, 4.69) is 5.32 Å². The fraction of sp³-hybridized carbons (Fsp3) is 0.667. The Morgan fingerprint density at radius 1 is 0.878 bits per heavy atom. The smallest absolute Gasteiger partial charge is 0.468 e. The summed E-state index contributed by atoms with van der Waals surface area (Å²) in [6.45, 7) is 15.0. The minimum Gasteiger partial charge on any atom is -0.468 e. The van der Waals surface area contributed by atoms with E-state index in [0.717, 1.165) is 6.42 Å². The molecule has 11 heteroatoms. The Morgan fingerprint density at radius 3 is 1.95 bits per heavy atom. The second kappa shape index (κ2) is 16.8. The molecule has 0 aliphatic heterocycles. The molecule has 0 saturated carbocycles. The SMILES string of the molecule is CCC(C)CC(=O)OCCN[C@@H](Cc1ccc(OC(=O)OC(C)(C)CC)c(OC(=O)OC(C)(C)CC)c1)C(=O)OC. The normalized spacial score (nSPS) is 13.0. The van der Waals surface area contributed by atoms with Crippen molar-refractivity contribution >= 4 is 24.2 Å². The Morgan fingerprint density at radius 2 is 1.44 bits per heavy atom. The Balaban J connectivity index is 3.08. The fourth-order valence-electron chi connectivity index (χ4n) is 3.16. The van der Waals surface area contributed by atoms with E-state index in [4.69, 9.17) is 28.4 Å². The number of ether oxygens (including phenoxy) is 6. The first-order valence-corrected chi connectivity index (χ1v) is 14.1. The van der Waals surface area contributed by atoms with Crippen LogP contribution >= 0.6 is 0 Å². The van der Waals surface area contributed by atoms with Crippen molar-refractivity contribution in [2.24, 2.45) is 5.92 Å². The zero-order valence-corrected chi connectivity index (χ0v) is 25.9. The lowest BCUT2D eigenvalue weighted by atomic mass is 10.1. The predicted octanol–water partition coefficient (Wildman–Crippen LogP) is 5.75. The summed E-state index contributed by atoms with van der Waals surface area (Å²) < 4.78 is 31.7. The minimum atomic E-state index is -0.983. The molecule has 0 aliphatic carbocycles. The molecule has 0 radical (unpaired) electrons. The van der Waals surface area contributed by atoms with Gasteiger partial charge in [-0.3, -0.25) is 9.59 Å². The van der Waals surface area contributed by atoms with E-state index in [1.807, 2.05) is 27.7 Å². The van der Waals surface area contributed by atoms with Crippen molar-refractivity contribution in [2.45, 2.75) is 105 Å². The topological polar surface area (TPSA) is 136 Å². The maximum absolute atomic E-state index is 12.6. The van der Waals surface area contributed by atoms with Gasteiger partial charge in [0.2, 0.25) is 0 Å². The number of hydrogen-bond donors (Lipinski definition) is 1. The molecule has 1 aromatic rings. The number of hydrogen-bond acceptors (Lipinski definition) is 11. The van der Waals surface area contributed by atoms with E-state index in [1.54, 1.807) is 33.8 Å². The highest BCUT2D eigenvalue weighted by Crippen LogP contribution is 2.31. The number of esters is 2. The molecular formula is C30H47NO10. The van der Waals surface area contributed by atoms with Crippen LogP contribution in [0.2, 0.25) is 0 Å². The Hall–Kier alpha value is -3.34. The maximum atomic E-state index is 12.6. The molecule has 0 fully saturated rings. The van der Waals surface area contributed by atoms with E-state index in [0.29, 0.717) is 24.8 Å². The molecule has 1 N–H and O–H groups in total. The van der Waals surface area contributed by atoms with Gasteiger partial charge >= 0.3 is 24.2 Å². The lowest BCUT2D eigenvalue weighted by molar-refractivity contribution is -0.144. The summed E-state index contributed by atoms with van der Waals surface area (Å²) in [6.07, 6.45) is 0.490. The van der Waals surface area contributed by atoms with E-state index >= 15 is 0 Å². The number of benzene rings is 1. The minimum absolute atomic E-state index is 0.0623. The van der Waals surface area contributed by atoms with Gasteiger partial charge in [-0.25, -0.2) is 9.59 Å². The second-order valence-corrected chi connectivity index (χ2v) is 11.1. The summed E-state index contributed by atoms with van der Waals surface area (Å²) in [4.78, 5) is 49.4. The van der Waals surface area contributed by atoms with Crippen LogP contribution < -0.4 is 14.8 Å². The zero-order valence-electron chi connectivity index (χ0n) is 25.9. The molecule has 0 amide bonds. The highest BCUT2D eigenvalue weighted by atomic mass is 16.8. The van der Waals surface area contributed by atoms with Gasteiger partial charge in [0, 0.05) is 13.0 Å². The van der Waals surface area contributed by atoms with Crippen LogP contribution in [0.4, 0.5) is 9.59 Å². The number of rotatable bonds is 16. The third kappa shape index (κ3) is 13.7. The molecule has 0 spiro atoms. The first-order valence-electron chi connectivity index (χ1n) is 14.1. The third-order valence-electron chi connectivity index (χ3n) is 6.71. The summed E-state index contributed by atoms with van der Waals surface area (Å²) in [5.74, 6) is -0.756. The molecular weight excluding hydrogens is 534 g/mol. The summed E-state index contributed by atoms with van der Waals surface area (Å²) in [5.41, 5.74) is -0.976. The van der Waals surface area contributed by atoms with Crippen LogP contribution in [-0.2, 0) is 35.0 Å². The van der Waals surface area contributed by atoms with Crippen molar-refractivity contribution in [3.8, 4) is 11.5 Å². The molecule has 0 bridgehead atoms. The van der Waals surface area contributed by atoms with Gasteiger partial charge < -0.3 is 33.7 Å². The van der Waals surface area contributed by atoms with Crippen molar-refractivity contribution in [2.75, 3.05) is 20.3 Å². The highest BCUT2D eigenvalue weighted by Gasteiger charge is 2.27. The molecule has 0 heterocycles. The van der Waals surface area contributed by atoms with Crippen molar-refractivity contribution in [3.63, 3.8) is 0 Å². The summed E-state index contributed by atoms with van der Waals surface area (Å²) in [6, 6.07) is 3.73. The van der Waals surface area contributed by atoms with E-state index in [9.17, 15) is 19.2 Å². The van der Waals surface area contributed by atoms with Crippen molar-refractivity contribution in [1.82, 2.24) is 5.32 Å². The van der Waals surface area contributed by atoms with Crippen LogP contribution in [0.25, 0.3) is 0 Å². The maximum Gasteiger partial charge on any atom is 0.514 e. The summed E-state index contributed by atoms with van der Waals surface area (Å²) in [7, 11) is 1.27. The monoisotopic (exact) mass is 581 g/mol. The van der Waals surface area contributed by atoms with Gasteiger partial charge in [0.05, 0.1) is 7.11 Å². The van der Waals surface area contributed by atoms with Gasteiger partial charge in [-0.1, -0.05) is 40.2 Å². The zero-order chi connectivity index (χ0) is 31.2. The van der Waals surface area contributed by atoms with Gasteiger partial charge in [-0.2, -0.15) is 0 Å². The molecule has 1 unspecified atom stereocenters. The summed E-state index contributed by atoms with van der Waals surface area (Å²) in [5, 5.41) is 3.03. The van der Waals surface area contributed by atoms with Crippen LogP contribution in [-0.4, -0.2) is 61.8 Å².